The van der Waals surface area contributed by atoms with Crippen molar-refractivity contribution in [3.8, 4) is 0 Å². The number of rotatable bonds is 3. The molecule has 0 fully saturated rings. The Morgan fingerprint density at radius 3 is 2.65 bits per heavy atom. The van der Waals surface area contributed by atoms with Crippen molar-refractivity contribution in [1.29, 1.82) is 0 Å². The molecular weight excluding hydrogens is 387 g/mol. The number of sulfonamides is 1. The highest BCUT2D eigenvalue weighted by Crippen LogP contribution is 2.31. The van der Waals surface area contributed by atoms with Crippen LogP contribution in [0, 0.1) is 6.92 Å². The third-order valence-electron chi connectivity index (χ3n) is 2.51. The van der Waals surface area contributed by atoms with Crippen LogP contribution >= 0.6 is 39.1 Å². The first kappa shape index (κ1) is 15.6. The van der Waals surface area contributed by atoms with E-state index in [1.165, 1.54) is 24.4 Å². The van der Waals surface area contributed by atoms with Gasteiger partial charge in [-0.25, -0.2) is 13.4 Å². The van der Waals surface area contributed by atoms with E-state index in [1.807, 2.05) is 6.92 Å². The molecule has 1 aromatic carbocycles. The first-order chi connectivity index (χ1) is 9.31. The Hall–Kier alpha value is -0.820. The molecular formula is C12H9BrCl2N2O2S. The number of halogens is 3. The molecule has 0 saturated heterocycles. The standard InChI is InChI=1S/C12H9BrCl2N2O2S/c1-7-5-8(13)10(6-9(7)14)17-20(18,19)11-3-2-4-16-12(11)15/h2-6,17H,1H3. The van der Waals surface area contributed by atoms with E-state index in [-0.39, 0.29) is 10.0 Å². The smallest absolute Gasteiger partial charge is 0.265 e. The quantitative estimate of drug-likeness (QED) is 0.789. The Morgan fingerprint density at radius 1 is 1.30 bits per heavy atom. The number of aromatic nitrogens is 1. The Labute approximate surface area is 135 Å². The Bertz CT molecular complexity index is 766. The fraction of sp³-hybridized carbons (Fsp3) is 0.0833. The first-order valence-electron chi connectivity index (χ1n) is 5.40. The molecule has 0 aliphatic heterocycles. The number of hydrogen-bond donors (Lipinski definition) is 1. The van der Waals surface area contributed by atoms with Crippen LogP contribution in [0.3, 0.4) is 0 Å². The van der Waals surface area contributed by atoms with E-state index in [0.29, 0.717) is 15.2 Å². The molecule has 0 radical (unpaired) electrons. The number of aryl methyl sites for hydroxylation is 1. The van der Waals surface area contributed by atoms with Crippen LogP contribution in [0.4, 0.5) is 5.69 Å². The number of hydrogen-bond acceptors (Lipinski definition) is 3. The predicted octanol–water partition coefficient (Wildman–Crippen LogP) is 4.26. The van der Waals surface area contributed by atoms with Crippen molar-refractivity contribution in [3.63, 3.8) is 0 Å². The van der Waals surface area contributed by atoms with Crippen LogP contribution in [0.1, 0.15) is 5.56 Å². The van der Waals surface area contributed by atoms with Gasteiger partial charge in [0, 0.05) is 15.7 Å². The van der Waals surface area contributed by atoms with Crippen LogP contribution in [0.5, 0.6) is 0 Å². The van der Waals surface area contributed by atoms with Gasteiger partial charge in [0.05, 0.1) is 5.69 Å². The maximum Gasteiger partial charge on any atom is 0.265 e. The zero-order valence-corrected chi connectivity index (χ0v) is 14.1. The third kappa shape index (κ3) is 3.25. The normalized spacial score (nSPS) is 11.4. The fourth-order valence-corrected chi connectivity index (χ4v) is 3.87. The topological polar surface area (TPSA) is 59.1 Å². The molecule has 4 nitrogen and oxygen atoms in total. The van der Waals surface area contributed by atoms with Crippen LogP contribution in [0.25, 0.3) is 0 Å². The summed E-state index contributed by atoms with van der Waals surface area (Å²) < 4.78 is 27.6. The highest BCUT2D eigenvalue weighted by molar-refractivity contribution is 9.10. The molecule has 106 valence electrons. The zero-order chi connectivity index (χ0) is 14.9. The summed E-state index contributed by atoms with van der Waals surface area (Å²) in [5.41, 5.74) is 1.17. The molecule has 2 aromatic rings. The monoisotopic (exact) mass is 394 g/mol. The molecule has 0 unspecified atom stereocenters. The second kappa shape index (κ2) is 5.89. The maximum atomic E-state index is 12.3. The minimum absolute atomic E-state index is 0.0886. The summed E-state index contributed by atoms with van der Waals surface area (Å²) in [6, 6.07) is 6.13. The van der Waals surface area contributed by atoms with Gasteiger partial charge in [-0.3, -0.25) is 4.72 Å². The van der Waals surface area contributed by atoms with Gasteiger partial charge in [-0.1, -0.05) is 23.2 Å². The van der Waals surface area contributed by atoms with Crippen molar-refractivity contribution in [1.82, 2.24) is 4.98 Å². The molecule has 1 aromatic heterocycles. The predicted molar refractivity (Wildman–Crippen MR) is 83.9 cm³/mol. The van der Waals surface area contributed by atoms with Gasteiger partial charge in [-0.2, -0.15) is 0 Å². The maximum absolute atomic E-state index is 12.3. The van der Waals surface area contributed by atoms with E-state index in [0.717, 1.165) is 5.56 Å². The summed E-state index contributed by atoms with van der Waals surface area (Å²) in [4.78, 5) is 3.66. The van der Waals surface area contributed by atoms with Crippen molar-refractivity contribution < 1.29 is 8.42 Å². The summed E-state index contributed by atoms with van der Waals surface area (Å²) in [6.45, 7) is 1.82. The van der Waals surface area contributed by atoms with Crippen LogP contribution in [-0.2, 0) is 10.0 Å². The third-order valence-corrected chi connectivity index (χ3v) is 5.38. The van der Waals surface area contributed by atoms with Crippen LogP contribution < -0.4 is 4.72 Å². The SMILES string of the molecule is Cc1cc(Br)c(NS(=O)(=O)c2cccnc2Cl)cc1Cl. The lowest BCUT2D eigenvalue weighted by atomic mass is 10.2. The average Bonchev–Trinajstić information content (AvgIpc) is 2.36. The van der Waals surface area contributed by atoms with Crippen LogP contribution in [0.15, 0.2) is 39.8 Å². The minimum Gasteiger partial charge on any atom is -0.278 e. The van der Waals surface area contributed by atoms with Crippen molar-refractivity contribution >= 4 is 54.8 Å². The Balaban J connectivity index is 2.44. The van der Waals surface area contributed by atoms with Gasteiger partial charge >= 0.3 is 0 Å². The van der Waals surface area contributed by atoms with E-state index < -0.39 is 10.0 Å². The number of anilines is 1. The van der Waals surface area contributed by atoms with Crippen molar-refractivity contribution in [2.45, 2.75) is 11.8 Å². The van der Waals surface area contributed by atoms with Gasteiger partial charge < -0.3 is 0 Å². The van der Waals surface area contributed by atoms with Gasteiger partial charge in [0.1, 0.15) is 10.0 Å². The molecule has 0 saturated carbocycles. The number of nitrogens with one attached hydrogen (secondary N) is 1. The summed E-state index contributed by atoms with van der Waals surface area (Å²) in [7, 11) is -3.83. The summed E-state index contributed by atoms with van der Waals surface area (Å²) >= 11 is 15.1. The van der Waals surface area contributed by atoms with Gasteiger partial charge in [-0.05, 0) is 52.7 Å². The molecule has 0 aliphatic rings. The molecule has 8 heteroatoms. The number of pyridine rings is 1. The number of benzene rings is 1. The van der Waals surface area contributed by atoms with Crippen molar-refractivity contribution in [3.05, 3.63) is 50.7 Å². The molecule has 0 bridgehead atoms. The van der Waals surface area contributed by atoms with Gasteiger partial charge in [0.2, 0.25) is 0 Å². The van der Waals surface area contributed by atoms with Gasteiger partial charge in [0.15, 0.2) is 0 Å². The largest absolute Gasteiger partial charge is 0.278 e. The van der Waals surface area contributed by atoms with Crippen molar-refractivity contribution in [2.75, 3.05) is 4.72 Å². The van der Waals surface area contributed by atoms with Crippen molar-refractivity contribution in [2.24, 2.45) is 0 Å². The van der Waals surface area contributed by atoms with Gasteiger partial charge in [-0.15, -0.1) is 0 Å². The second-order valence-electron chi connectivity index (χ2n) is 3.98. The molecule has 0 atom stereocenters. The van der Waals surface area contributed by atoms with Crippen LogP contribution in [-0.4, -0.2) is 13.4 Å². The van der Waals surface area contributed by atoms with Crippen LogP contribution in [0.2, 0.25) is 10.2 Å². The van der Waals surface area contributed by atoms with E-state index in [2.05, 4.69) is 25.6 Å². The molecule has 20 heavy (non-hydrogen) atoms. The highest BCUT2D eigenvalue weighted by Gasteiger charge is 2.20. The number of nitrogens with zero attached hydrogens (tertiary/aromatic N) is 1. The summed E-state index contributed by atoms with van der Waals surface area (Å²) in [5.74, 6) is 0. The average molecular weight is 396 g/mol. The van der Waals surface area contributed by atoms with E-state index >= 15 is 0 Å². The second-order valence-corrected chi connectivity index (χ2v) is 7.25. The molecule has 1 N–H and O–H groups in total. The summed E-state index contributed by atoms with van der Waals surface area (Å²) in [5, 5.41) is 0.373. The molecule has 2 rings (SSSR count). The lowest BCUT2D eigenvalue weighted by Gasteiger charge is -2.11. The van der Waals surface area contributed by atoms with Gasteiger partial charge in [0.25, 0.3) is 10.0 Å². The van der Waals surface area contributed by atoms with E-state index in [9.17, 15) is 8.42 Å². The lowest BCUT2D eigenvalue weighted by molar-refractivity contribution is 0.601. The van der Waals surface area contributed by atoms with E-state index in [4.69, 9.17) is 23.2 Å². The molecule has 0 aliphatic carbocycles. The Morgan fingerprint density at radius 2 is 2.00 bits per heavy atom. The first-order valence-corrected chi connectivity index (χ1v) is 8.43. The molecule has 0 amide bonds. The minimum atomic E-state index is -3.83. The Kier molecular flexibility index (Phi) is 4.59. The highest BCUT2D eigenvalue weighted by atomic mass is 79.9. The summed E-state index contributed by atoms with van der Waals surface area (Å²) in [6.07, 6.45) is 1.42. The zero-order valence-electron chi connectivity index (χ0n) is 10.2. The molecule has 0 spiro atoms. The van der Waals surface area contributed by atoms with E-state index in [1.54, 1.807) is 6.07 Å². The lowest BCUT2D eigenvalue weighted by Crippen LogP contribution is -2.14. The molecule has 1 heterocycles. The fourth-order valence-electron chi connectivity index (χ4n) is 1.50.